The van der Waals surface area contributed by atoms with E-state index >= 15 is 0 Å². The van der Waals surface area contributed by atoms with Crippen molar-refractivity contribution in [3.8, 4) is 0 Å². The standard InChI is InChI=1S/C18H15ClN2/c19-12-8-10-13(11-9-12)20-18-14-4-1-2-6-16(14)21-17-7-3-5-15(17)18/h1-2,4,6,8-11H,3,5,7H2,(H,20,21). The van der Waals surface area contributed by atoms with Crippen molar-refractivity contribution in [2.75, 3.05) is 5.32 Å². The first-order valence-corrected chi connectivity index (χ1v) is 7.62. The lowest BCUT2D eigenvalue weighted by atomic mass is 10.1. The smallest absolute Gasteiger partial charge is 0.0726 e. The van der Waals surface area contributed by atoms with E-state index in [1.807, 2.05) is 30.3 Å². The summed E-state index contributed by atoms with van der Waals surface area (Å²) in [4.78, 5) is 4.81. The summed E-state index contributed by atoms with van der Waals surface area (Å²) >= 11 is 5.97. The molecule has 0 aliphatic heterocycles. The molecule has 0 saturated carbocycles. The van der Waals surface area contributed by atoms with Crippen molar-refractivity contribution < 1.29 is 0 Å². The van der Waals surface area contributed by atoms with Gasteiger partial charge in [-0.3, -0.25) is 4.98 Å². The third kappa shape index (κ3) is 2.26. The first-order chi connectivity index (χ1) is 10.3. The number of hydrogen-bond donors (Lipinski definition) is 1. The molecular weight excluding hydrogens is 280 g/mol. The predicted molar refractivity (Wildman–Crippen MR) is 88.5 cm³/mol. The topological polar surface area (TPSA) is 24.9 Å². The lowest BCUT2D eigenvalue weighted by molar-refractivity contribution is 0.901. The molecule has 1 heterocycles. The van der Waals surface area contributed by atoms with E-state index in [9.17, 15) is 0 Å². The molecule has 0 saturated heterocycles. The van der Waals surface area contributed by atoms with Crippen LogP contribution >= 0.6 is 11.6 Å². The molecule has 2 aromatic carbocycles. The van der Waals surface area contributed by atoms with E-state index in [4.69, 9.17) is 16.6 Å². The Morgan fingerprint density at radius 3 is 2.62 bits per heavy atom. The minimum Gasteiger partial charge on any atom is -0.355 e. The third-order valence-electron chi connectivity index (χ3n) is 4.03. The van der Waals surface area contributed by atoms with Crippen LogP contribution in [0.15, 0.2) is 48.5 Å². The Morgan fingerprint density at radius 1 is 0.952 bits per heavy atom. The number of anilines is 2. The number of hydrogen-bond acceptors (Lipinski definition) is 2. The summed E-state index contributed by atoms with van der Waals surface area (Å²) in [6.07, 6.45) is 3.37. The average Bonchev–Trinajstić information content (AvgIpc) is 2.97. The van der Waals surface area contributed by atoms with E-state index in [0.717, 1.165) is 29.1 Å². The zero-order valence-corrected chi connectivity index (χ0v) is 12.3. The molecule has 4 rings (SSSR count). The van der Waals surface area contributed by atoms with Crippen LogP contribution in [0.25, 0.3) is 10.9 Å². The van der Waals surface area contributed by atoms with Crippen molar-refractivity contribution in [1.29, 1.82) is 0 Å². The number of fused-ring (bicyclic) bond motifs is 2. The van der Waals surface area contributed by atoms with E-state index in [0.29, 0.717) is 0 Å². The Morgan fingerprint density at radius 2 is 1.76 bits per heavy atom. The number of halogens is 1. The second-order valence-electron chi connectivity index (χ2n) is 5.41. The van der Waals surface area contributed by atoms with Gasteiger partial charge in [0.05, 0.1) is 11.2 Å². The van der Waals surface area contributed by atoms with Gasteiger partial charge in [0, 0.05) is 21.8 Å². The zero-order chi connectivity index (χ0) is 14.2. The van der Waals surface area contributed by atoms with Crippen LogP contribution in [0.2, 0.25) is 5.02 Å². The van der Waals surface area contributed by atoms with Crippen LogP contribution in [0.4, 0.5) is 11.4 Å². The number of nitrogens with zero attached hydrogens (tertiary/aromatic N) is 1. The van der Waals surface area contributed by atoms with Gasteiger partial charge in [-0.1, -0.05) is 29.8 Å². The van der Waals surface area contributed by atoms with E-state index in [2.05, 4.69) is 23.5 Å². The van der Waals surface area contributed by atoms with E-state index < -0.39 is 0 Å². The second-order valence-corrected chi connectivity index (χ2v) is 5.85. The van der Waals surface area contributed by atoms with Gasteiger partial charge in [-0.05, 0) is 55.2 Å². The summed E-state index contributed by atoms with van der Waals surface area (Å²) in [6, 6.07) is 16.2. The van der Waals surface area contributed by atoms with E-state index in [1.165, 1.54) is 28.8 Å². The molecule has 2 nitrogen and oxygen atoms in total. The summed E-state index contributed by atoms with van der Waals surface area (Å²) in [6.45, 7) is 0. The monoisotopic (exact) mass is 294 g/mol. The summed E-state index contributed by atoms with van der Waals surface area (Å²) in [5.74, 6) is 0. The highest BCUT2D eigenvalue weighted by molar-refractivity contribution is 6.30. The van der Waals surface area contributed by atoms with Crippen molar-refractivity contribution in [3.05, 3.63) is 64.8 Å². The second kappa shape index (κ2) is 5.05. The molecule has 0 fully saturated rings. The fraction of sp³-hybridized carbons (Fsp3) is 0.167. The summed E-state index contributed by atoms with van der Waals surface area (Å²) in [5, 5.41) is 5.52. The number of pyridine rings is 1. The molecule has 0 amide bonds. The highest BCUT2D eigenvalue weighted by Crippen LogP contribution is 2.35. The van der Waals surface area contributed by atoms with Crippen molar-refractivity contribution in [2.24, 2.45) is 0 Å². The Kier molecular flexibility index (Phi) is 3.04. The van der Waals surface area contributed by atoms with Crippen LogP contribution in [0.3, 0.4) is 0 Å². The van der Waals surface area contributed by atoms with Gasteiger partial charge < -0.3 is 5.32 Å². The van der Waals surface area contributed by atoms with Crippen molar-refractivity contribution >= 4 is 33.9 Å². The third-order valence-corrected chi connectivity index (χ3v) is 4.28. The molecule has 0 bridgehead atoms. The predicted octanol–water partition coefficient (Wildman–Crippen LogP) is 5.12. The molecule has 0 unspecified atom stereocenters. The van der Waals surface area contributed by atoms with Gasteiger partial charge in [0.25, 0.3) is 0 Å². The molecule has 1 N–H and O–H groups in total. The number of rotatable bonds is 2. The average molecular weight is 295 g/mol. The van der Waals surface area contributed by atoms with Crippen LogP contribution in [0.5, 0.6) is 0 Å². The fourth-order valence-electron chi connectivity index (χ4n) is 3.03. The van der Waals surface area contributed by atoms with Gasteiger partial charge in [0.15, 0.2) is 0 Å². The summed E-state index contributed by atoms with van der Waals surface area (Å²) < 4.78 is 0. The quantitative estimate of drug-likeness (QED) is 0.709. The van der Waals surface area contributed by atoms with Gasteiger partial charge >= 0.3 is 0 Å². The van der Waals surface area contributed by atoms with Gasteiger partial charge in [0.1, 0.15) is 0 Å². The Hall–Kier alpha value is -2.06. The maximum absolute atomic E-state index is 5.97. The lowest BCUT2D eigenvalue weighted by Crippen LogP contribution is -1.99. The first-order valence-electron chi connectivity index (χ1n) is 7.24. The lowest BCUT2D eigenvalue weighted by Gasteiger charge is -2.14. The van der Waals surface area contributed by atoms with E-state index in [-0.39, 0.29) is 0 Å². The van der Waals surface area contributed by atoms with Gasteiger partial charge in [0.2, 0.25) is 0 Å². The van der Waals surface area contributed by atoms with Crippen LogP contribution in [-0.4, -0.2) is 4.98 Å². The molecule has 3 heteroatoms. The maximum Gasteiger partial charge on any atom is 0.0726 e. The minimum atomic E-state index is 0.755. The maximum atomic E-state index is 5.97. The molecule has 3 aromatic rings. The molecule has 21 heavy (non-hydrogen) atoms. The van der Waals surface area contributed by atoms with Crippen LogP contribution < -0.4 is 5.32 Å². The molecule has 0 spiro atoms. The van der Waals surface area contributed by atoms with Crippen LogP contribution in [-0.2, 0) is 12.8 Å². The first kappa shape index (κ1) is 12.7. The summed E-state index contributed by atoms with van der Waals surface area (Å²) in [5.41, 5.74) is 5.93. The molecule has 104 valence electrons. The zero-order valence-electron chi connectivity index (χ0n) is 11.6. The van der Waals surface area contributed by atoms with Crippen molar-refractivity contribution in [3.63, 3.8) is 0 Å². The number of aryl methyl sites for hydroxylation is 1. The molecular formula is C18H15ClN2. The Labute approximate surface area is 128 Å². The van der Waals surface area contributed by atoms with Gasteiger partial charge in [-0.2, -0.15) is 0 Å². The van der Waals surface area contributed by atoms with Gasteiger partial charge in [-0.15, -0.1) is 0 Å². The van der Waals surface area contributed by atoms with Crippen molar-refractivity contribution in [1.82, 2.24) is 4.98 Å². The molecule has 0 radical (unpaired) electrons. The van der Waals surface area contributed by atoms with Crippen LogP contribution in [0, 0.1) is 0 Å². The SMILES string of the molecule is Clc1ccc(Nc2c3c(nc4ccccc24)CCC3)cc1. The summed E-state index contributed by atoms with van der Waals surface area (Å²) in [7, 11) is 0. The number of nitrogens with one attached hydrogen (secondary N) is 1. The van der Waals surface area contributed by atoms with E-state index in [1.54, 1.807) is 0 Å². The highest BCUT2D eigenvalue weighted by atomic mass is 35.5. The fourth-order valence-corrected chi connectivity index (χ4v) is 3.16. The van der Waals surface area contributed by atoms with Crippen molar-refractivity contribution in [2.45, 2.75) is 19.3 Å². The van der Waals surface area contributed by atoms with Crippen LogP contribution in [0.1, 0.15) is 17.7 Å². The molecule has 0 atom stereocenters. The number of para-hydroxylation sites is 1. The molecule has 1 aromatic heterocycles. The normalized spacial score (nSPS) is 13.4. The number of aromatic nitrogens is 1. The number of benzene rings is 2. The molecule has 1 aliphatic rings. The molecule has 1 aliphatic carbocycles. The highest BCUT2D eigenvalue weighted by Gasteiger charge is 2.19. The minimum absolute atomic E-state index is 0.755. The Balaban J connectivity index is 1.88. The largest absolute Gasteiger partial charge is 0.355 e. The Bertz CT molecular complexity index is 809. The van der Waals surface area contributed by atoms with Gasteiger partial charge in [-0.25, -0.2) is 0 Å².